The smallest absolute Gasteiger partial charge is 0.262 e. The molecule has 0 aromatic heterocycles. The van der Waals surface area contributed by atoms with E-state index in [4.69, 9.17) is 16.6 Å². The van der Waals surface area contributed by atoms with Crippen molar-refractivity contribution in [3.05, 3.63) is 100 Å². The summed E-state index contributed by atoms with van der Waals surface area (Å²) in [6.45, 7) is 2.90. The van der Waals surface area contributed by atoms with Crippen LogP contribution in [0.3, 0.4) is 0 Å². The number of para-hydroxylation sites is 1. The lowest BCUT2D eigenvalue weighted by atomic mass is 9.87. The van der Waals surface area contributed by atoms with Gasteiger partial charge >= 0.3 is 0 Å². The molecular weight excluding hydrogens is 641 g/mol. The minimum atomic E-state index is -1.10. The normalized spacial score (nSPS) is 20.5. The molecule has 3 aromatic carbocycles. The lowest BCUT2D eigenvalue weighted by molar-refractivity contribution is -0.136. The van der Waals surface area contributed by atoms with E-state index in [1.165, 1.54) is 11.6 Å². The molecule has 256 valence electrons. The van der Waals surface area contributed by atoms with Crippen molar-refractivity contribution >= 4 is 46.4 Å². The van der Waals surface area contributed by atoms with Crippen molar-refractivity contribution in [1.82, 2.24) is 15.1 Å². The van der Waals surface area contributed by atoms with Gasteiger partial charge in [-0.15, -0.1) is 0 Å². The summed E-state index contributed by atoms with van der Waals surface area (Å²) in [6, 6.07) is 16.3. The minimum absolute atomic E-state index is 0.0134. The van der Waals surface area contributed by atoms with Gasteiger partial charge in [0.25, 0.3) is 11.8 Å². The number of carbonyl (C=O) groups excluding carboxylic acids is 4. The number of phenolic OH excluding ortho intramolecular Hbond substituents is 1. The number of anilines is 1. The topological polar surface area (TPSA) is 186 Å². The van der Waals surface area contributed by atoms with Crippen LogP contribution >= 0.6 is 0 Å². The minimum Gasteiger partial charge on any atom is -0.507 e. The number of allylic oxidation sites excluding steroid dienone is 1. The summed E-state index contributed by atoms with van der Waals surface area (Å²) in [7, 11) is 0. The predicted molar refractivity (Wildman–Crippen MR) is 183 cm³/mol. The first-order valence-corrected chi connectivity index (χ1v) is 16.6. The van der Waals surface area contributed by atoms with Crippen molar-refractivity contribution in [3.8, 4) is 5.75 Å². The van der Waals surface area contributed by atoms with Gasteiger partial charge in [-0.25, -0.2) is 4.39 Å². The average Bonchev–Trinajstić information content (AvgIpc) is 3.31. The summed E-state index contributed by atoms with van der Waals surface area (Å²) >= 11 is 0. The molecule has 13 heteroatoms. The zero-order valence-corrected chi connectivity index (χ0v) is 27.2. The number of halogens is 1. The van der Waals surface area contributed by atoms with E-state index in [0.717, 1.165) is 42.5 Å². The summed E-state index contributed by atoms with van der Waals surface area (Å²) in [4.78, 5) is 55.3. The zero-order valence-electron chi connectivity index (χ0n) is 27.2. The fourth-order valence-corrected chi connectivity index (χ4v) is 7.40. The van der Waals surface area contributed by atoms with E-state index in [-0.39, 0.29) is 47.3 Å². The number of rotatable bonds is 8. The highest BCUT2D eigenvalue weighted by Gasteiger charge is 2.46. The quantitative estimate of drug-likeness (QED) is 0.135. The Kier molecular flexibility index (Phi) is 8.52. The SMILES string of the molecule is N=C(N)/C(=C\C(=[NH2+])c1ccccc1O)c1ccc(C2CCN(C3CN(c4cc5c(cc4F)C(=O)N(C4CCC(=O)NC4=O)C5=O)C3)CC2)cc1. The Morgan fingerprint density at radius 3 is 2.26 bits per heavy atom. The standard InChI is InChI=1S/C37H36FN7O5/c38-28-15-26-27(37(50)45(36(26)49)30-9-10-33(47)42-35(30)48)17-31(28)44-18-23(19-44)43-13-11-21(12-14-43)20-5-7-22(8-6-20)25(34(40)41)16-29(39)24-3-1-2-4-32(24)46/h1-8,15-17,21,23,30,39,46H,9-14,18-19H2,(H3,40,41)(H,42,47,48)/p+1/b25-16-,39-29?. The van der Waals surface area contributed by atoms with Crippen LogP contribution in [0.5, 0.6) is 5.75 Å². The van der Waals surface area contributed by atoms with E-state index in [1.807, 2.05) is 17.0 Å². The highest BCUT2D eigenvalue weighted by Crippen LogP contribution is 2.36. The van der Waals surface area contributed by atoms with Crippen molar-refractivity contribution in [2.24, 2.45) is 5.73 Å². The first-order chi connectivity index (χ1) is 24.0. The monoisotopic (exact) mass is 678 g/mol. The Bertz CT molecular complexity index is 1980. The number of likely N-dealkylation sites (tertiary alicyclic amines) is 1. The number of aromatic hydroxyl groups is 1. The third-order valence-corrected chi connectivity index (χ3v) is 10.3. The molecule has 7 rings (SSSR count). The maximum Gasteiger partial charge on any atom is 0.262 e. The molecule has 4 amide bonds. The molecule has 4 heterocycles. The van der Waals surface area contributed by atoms with E-state index in [2.05, 4.69) is 22.3 Å². The average molecular weight is 679 g/mol. The number of hydrogen-bond donors (Lipinski definition) is 5. The molecule has 4 aliphatic rings. The van der Waals surface area contributed by atoms with Gasteiger partial charge in [-0.2, -0.15) is 0 Å². The summed E-state index contributed by atoms with van der Waals surface area (Å²) in [5, 5.41) is 26.7. The number of amidine groups is 1. The van der Waals surface area contributed by atoms with E-state index in [9.17, 15) is 24.3 Å². The van der Waals surface area contributed by atoms with Crippen molar-refractivity contribution in [2.75, 3.05) is 31.1 Å². The van der Waals surface area contributed by atoms with Crippen LogP contribution in [0, 0.1) is 11.2 Å². The summed E-state index contributed by atoms with van der Waals surface area (Å²) < 4.78 is 15.3. The third kappa shape index (κ3) is 5.93. The van der Waals surface area contributed by atoms with Crippen LogP contribution in [0.4, 0.5) is 10.1 Å². The molecule has 4 aliphatic heterocycles. The molecular formula is C37H37FN7O5+. The Hall–Kier alpha value is -5.69. The molecule has 0 saturated carbocycles. The fraction of sp³-hybridized carbons (Fsp3) is 0.297. The van der Waals surface area contributed by atoms with Gasteiger partial charge in [0.1, 0.15) is 23.4 Å². The van der Waals surface area contributed by atoms with Crippen LogP contribution in [0.15, 0.2) is 66.7 Å². The lowest BCUT2D eigenvalue weighted by Crippen LogP contribution is -2.61. The van der Waals surface area contributed by atoms with E-state index in [1.54, 1.807) is 30.3 Å². The Morgan fingerprint density at radius 2 is 1.62 bits per heavy atom. The van der Waals surface area contributed by atoms with Gasteiger partial charge in [-0.1, -0.05) is 36.4 Å². The maximum absolute atomic E-state index is 15.3. The van der Waals surface area contributed by atoms with Gasteiger partial charge in [0.15, 0.2) is 0 Å². The third-order valence-electron chi connectivity index (χ3n) is 10.3. The maximum atomic E-state index is 15.3. The van der Waals surface area contributed by atoms with Crippen LogP contribution in [-0.4, -0.2) is 88.3 Å². The molecule has 0 radical (unpaired) electrons. The van der Waals surface area contributed by atoms with Crippen molar-refractivity contribution < 1.29 is 34.1 Å². The number of nitrogens with zero attached hydrogens (tertiary/aromatic N) is 3. The highest BCUT2D eigenvalue weighted by atomic mass is 19.1. The van der Waals surface area contributed by atoms with Gasteiger partial charge in [-0.05, 0) is 73.7 Å². The second kappa shape index (κ2) is 13.0. The van der Waals surface area contributed by atoms with Crippen LogP contribution < -0.4 is 21.4 Å². The fourth-order valence-electron chi connectivity index (χ4n) is 7.40. The van der Waals surface area contributed by atoms with Crippen LogP contribution in [0.25, 0.3) is 5.57 Å². The number of benzene rings is 3. The molecule has 0 aliphatic carbocycles. The van der Waals surface area contributed by atoms with Crippen LogP contribution in [0.2, 0.25) is 0 Å². The highest BCUT2D eigenvalue weighted by molar-refractivity contribution is 6.26. The van der Waals surface area contributed by atoms with E-state index in [0.29, 0.717) is 35.9 Å². The van der Waals surface area contributed by atoms with E-state index >= 15 is 4.39 Å². The Labute approximate surface area is 287 Å². The van der Waals surface area contributed by atoms with Gasteiger partial charge in [0, 0.05) is 37.2 Å². The molecule has 12 nitrogen and oxygen atoms in total. The Balaban J connectivity index is 0.954. The first kappa shape index (κ1) is 32.8. The zero-order chi connectivity index (χ0) is 35.3. The predicted octanol–water partition coefficient (Wildman–Crippen LogP) is 1.57. The lowest BCUT2D eigenvalue weighted by Gasteiger charge is -2.48. The number of amides is 4. The van der Waals surface area contributed by atoms with Crippen LogP contribution in [0.1, 0.15) is 69.0 Å². The van der Waals surface area contributed by atoms with Crippen molar-refractivity contribution in [2.45, 2.75) is 43.7 Å². The number of nitrogens with one attached hydrogen (secondary N) is 2. The number of hydrogen-bond acceptors (Lipinski definition) is 8. The number of carbonyl (C=O) groups is 4. The van der Waals surface area contributed by atoms with Crippen molar-refractivity contribution in [3.63, 3.8) is 0 Å². The second-order valence-corrected chi connectivity index (χ2v) is 13.2. The molecule has 3 fully saturated rings. The van der Waals surface area contributed by atoms with Crippen LogP contribution in [-0.2, 0) is 9.59 Å². The molecule has 3 saturated heterocycles. The van der Waals surface area contributed by atoms with Gasteiger partial charge in [0.05, 0.1) is 22.4 Å². The summed E-state index contributed by atoms with van der Waals surface area (Å²) in [6.07, 6.45) is 3.54. The number of phenols is 1. The molecule has 7 N–H and O–H groups in total. The Morgan fingerprint density at radius 1 is 0.960 bits per heavy atom. The van der Waals surface area contributed by atoms with Gasteiger partial charge in [-0.3, -0.25) is 45.1 Å². The largest absolute Gasteiger partial charge is 0.507 e. The first-order valence-electron chi connectivity index (χ1n) is 16.6. The summed E-state index contributed by atoms with van der Waals surface area (Å²) in [5.41, 5.74) is 9.32. The number of imide groups is 2. The van der Waals surface area contributed by atoms with Gasteiger partial charge in [0.2, 0.25) is 17.5 Å². The van der Waals surface area contributed by atoms with Crippen molar-refractivity contribution in [1.29, 1.82) is 5.41 Å². The molecule has 0 spiro atoms. The second-order valence-electron chi connectivity index (χ2n) is 13.2. The molecule has 3 aromatic rings. The number of fused-ring (bicyclic) bond motifs is 1. The number of piperidine rings is 2. The number of nitrogens with two attached hydrogens (primary N) is 2. The molecule has 50 heavy (non-hydrogen) atoms. The van der Waals surface area contributed by atoms with E-state index < -0.39 is 35.5 Å². The molecule has 0 bridgehead atoms. The summed E-state index contributed by atoms with van der Waals surface area (Å²) in [5.74, 6) is -2.88. The van der Waals surface area contributed by atoms with Gasteiger partial charge < -0.3 is 15.7 Å². The molecule has 1 atom stereocenters. The molecule has 1 unspecified atom stereocenters.